The van der Waals surface area contributed by atoms with Gasteiger partial charge in [-0.2, -0.15) is 0 Å². The molecule has 3 rings (SSSR count). The lowest BCUT2D eigenvalue weighted by atomic mass is 10.2. The van der Waals surface area contributed by atoms with Gasteiger partial charge in [0.25, 0.3) is 0 Å². The van der Waals surface area contributed by atoms with Crippen LogP contribution in [0, 0.1) is 0 Å². The maximum atomic E-state index is 4.88. The Morgan fingerprint density at radius 3 is 2.86 bits per heavy atom. The summed E-state index contributed by atoms with van der Waals surface area (Å²) in [7, 11) is 0. The summed E-state index contributed by atoms with van der Waals surface area (Å²) >= 11 is 0. The Hall–Kier alpha value is -1.55. The molecule has 1 fully saturated rings. The number of nitrogens with one attached hydrogen (secondary N) is 1. The summed E-state index contributed by atoms with van der Waals surface area (Å²) < 4.78 is 0. The van der Waals surface area contributed by atoms with Crippen LogP contribution in [0.1, 0.15) is 32.3 Å². The highest BCUT2D eigenvalue weighted by Crippen LogP contribution is 2.28. The summed E-state index contributed by atoms with van der Waals surface area (Å²) in [5.74, 6) is 1.04. The molecule has 0 bridgehead atoms. The SMILES string of the molecule is CCNC(=NCCN(CC)C1CC1)N1CCc2ccccc21. The van der Waals surface area contributed by atoms with E-state index in [-0.39, 0.29) is 0 Å². The number of para-hydroxylation sites is 1. The van der Waals surface area contributed by atoms with Gasteiger partial charge in [-0.15, -0.1) is 0 Å². The maximum Gasteiger partial charge on any atom is 0.198 e. The minimum Gasteiger partial charge on any atom is -0.356 e. The number of anilines is 1. The summed E-state index contributed by atoms with van der Waals surface area (Å²) in [6.45, 7) is 9.44. The smallest absolute Gasteiger partial charge is 0.198 e. The number of aliphatic imine (C=N–C) groups is 1. The first-order valence-electron chi connectivity index (χ1n) is 8.71. The van der Waals surface area contributed by atoms with Gasteiger partial charge < -0.3 is 10.2 Å². The van der Waals surface area contributed by atoms with E-state index < -0.39 is 0 Å². The molecular weight excluding hydrogens is 272 g/mol. The number of likely N-dealkylation sites (N-methyl/N-ethyl adjacent to an activating group) is 1. The minimum atomic E-state index is 0.829. The molecule has 0 amide bonds. The predicted octanol–water partition coefficient (Wildman–Crippen LogP) is 2.50. The van der Waals surface area contributed by atoms with Crippen LogP contribution >= 0.6 is 0 Å². The van der Waals surface area contributed by atoms with Crippen LogP contribution in [0.4, 0.5) is 5.69 Å². The van der Waals surface area contributed by atoms with Gasteiger partial charge in [0.2, 0.25) is 0 Å². The molecule has 1 saturated carbocycles. The summed E-state index contributed by atoms with van der Waals surface area (Å²) in [6.07, 6.45) is 3.86. The van der Waals surface area contributed by atoms with Gasteiger partial charge in [0.15, 0.2) is 5.96 Å². The van der Waals surface area contributed by atoms with E-state index in [9.17, 15) is 0 Å². The van der Waals surface area contributed by atoms with Crippen LogP contribution in [0.15, 0.2) is 29.3 Å². The van der Waals surface area contributed by atoms with Crippen molar-refractivity contribution < 1.29 is 0 Å². The van der Waals surface area contributed by atoms with Crippen LogP contribution in [0.25, 0.3) is 0 Å². The highest BCUT2D eigenvalue weighted by atomic mass is 15.3. The molecule has 4 nitrogen and oxygen atoms in total. The number of nitrogens with zero attached hydrogens (tertiary/aromatic N) is 3. The Morgan fingerprint density at radius 1 is 1.32 bits per heavy atom. The molecule has 120 valence electrons. The first kappa shape index (κ1) is 15.3. The fraction of sp³-hybridized carbons (Fsp3) is 0.611. The first-order valence-corrected chi connectivity index (χ1v) is 8.71. The van der Waals surface area contributed by atoms with Crippen molar-refractivity contribution in [3.63, 3.8) is 0 Å². The molecule has 4 heteroatoms. The molecular formula is C18H28N4. The molecule has 2 aliphatic rings. The van der Waals surface area contributed by atoms with Crippen molar-refractivity contribution in [3.05, 3.63) is 29.8 Å². The van der Waals surface area contributed by atoms with E-state index in [4.69, 9.17) is 4.99 Å². The third-order valence-corrected chi connectivity index (χ3v) is 4.60. The van der Waals surface area contributed by atoms with Crippen LogP contribution in [0.5, 0.6) is 0 Å². The van der Waals surface area contributed by atoms with Gasteiger partial charge in [0, 0.05) is 31.4 Å². The Labute approximate surface area is 134 Å². The van der Waals surface area contributed by atoms with Crippen molar-refractivity contribution >= 4 is 11.6 Å². The average molecular weight is 300 g/mol. The highest BCUT2D eigenvalue weighted by Gasteiger charge is 2.27. The molecule has 0 aromatic heterocycles. The molecule has 1 N–H and O–H groups in total. The quantitative estimate of drug-likeness (QED) is 0.647. The van der Waals surface area contributed by atoms with Crippen molar-refractivity contribution in [2.45, 2.75) is 39.2 Å². The average Bonchev–Trinajstić information content (AvgIpc) is 3.29. The van der Waals surface area contributed by atoms with Crippen molar-refractivity contribution in [2.75, 3.05) is 37.6 Å². The van der Waals surface area contributed by atoms with E-state index in [2.05, 4.69) is 53.2 Å². The number of hydrogen-bond donors (Lipinski definition) is 1. The molecule has 0 radical (unpaired) electrons. The van der Waals surface area contributed by atoms with Gasteiger partial charge in [-0.3, -0.25) is 9.89 Å². The van der Waals surface area contributed by atoms with E-state index in [1.54, 1.807) is 0 Å². The molecule has 0 atom stereocenters. The zero-order valence-electron chi connectivity index (χ0n) is 13.9. The molecule has 0 saturated heterocycles. The fourth-order valence-corrected chi connectivity index (χ4v) is 3.28. The molecule has 1 aliphatic heterocycles. The topological polar surface area (TPSA) is 30.9 Å². The standard InChI is InChI=1S/C18H28N4/c1-3-19-18(20-12-14-21(4-2)16-9-10-16)22-13-11-15-7-5-6-8-17(15)22/h5-8,16H,3-4,9-14H2,1-2H3,(H,19,20). The van der Waals surface area contributed by atoms with Crippen molar-refractivity contribution in [3.8, 4) is 0 Å². The van der Waals surface area contributed by atoms with Crippen LogP contribution in [0.3, 0.4) is 0 Å². The largest absolute Gasteiger partial charge is 0.356 e. The van der Waals surface area contributed by atoms with Crippen LogP contribution in [0.2, 0.25) is 0 Å². The van der Waals surface area contributed by atoms with Gasteiger partial charge in [-0.1, -0.05) is 25.1 Å². The predicted molar refractivity (Wildman–Crippen MR) is 93.7 cm³/mol. The Morgan fingerprint density at radius 2 is 2.14 bits per heavy atom. The van der Waals surface area contributed by atoms with E-state index in [0.29, 0.717) is 0 Å². The molecule has 1 heterocycles. The summed E-state index contributed by atoms with van der Waals surface area (Å²) in [6, 6.07) is 9.51. The lowest BCUT2D eigenvalue weighted by Crippen LogP contribution is -2.41. The van der Waals surface area contributed by atoms with Gasteiger partial charge in [-0.25, -0.2) is 0 Å². The number of rotatable bonds is 6. The number of guanidine groups is 1. The zero-order chi connectivity index (χ0) is 15.4. The van der Waals surface area contributed by atoms with Crippen molar-refractivity contribution in [1.82, 2.24) is 10.2 Å². The maximum absolute atomic E-state index is 4.88. The van der Waals surface area contributed by atoms with E-state index >= 15 is 0 Å². The normalized spacial score (nSPS) is 18.0. The third kappa shape index (κ3) is 3.43. The zero-order valence-corrected chi connectivity index (χ0v) is 13.9. The summed E-state index contributed by atoms with van der Waals surface area (Å²) in [4.78, 5) is 9.78. The summed E-state index contributed by atoms with van der Waals surface area (Å²) in [5.41, 5.74) is 2.75. The lowest BCUT2D eigenvalue weighted by Gasteiger charge is -2.23. The first-order chi connectivity index (χ1) is 10.8. The van der Waals surface area contributed by atoms with E-state index in [1.165, 1.54) is 24.1 Å². The summed E-state index contributed by atoms with van der Waals surface area (Å²) in [5, 5.41) is 3.46. The monoisotopic (exact) mass is 300 g/mol. The van der Waals surface area contributed by atoms with E-state index in [0.717, 1.165) is 51.1 Å². The molecule has 1 aromatic rings. The van der Waals surface area contributed by atoms with Crippen LogP contribution in [-0.4, -0.2) is 49.6 Å². The molecule has 0 unspecified atom stereocenters. The Balaban J connectivity index is 1.66. The Kier molecular flexibility index (Phi) is 4.98. The second-order valence-electron chi connectivity index (χ2n) is 6.13. The third-order valence-electron chi connectivity index (χ3n) is 4.60. The lowest BCUT2D eigenvalue weighted by molar-refractivity contribution is 0.286. The number of fused-ring (bicyclic) bond motifs is 1. The highest BCUT2D eigenvalue weighted by molar-refractivity contribution is 5.97. The fourth-order valence-electron chi connectivity index (χ4n) is 3.28. The van der Waals surface area contributed by atoms with Crippen LogP contribution < -0.4 is 10.2 Å². The van der Waals surface area contributed by atoms with Gasteiger partial charge in [0.05, 0.1) is 6.54 Å². The van der Waals surface area contributed by atoms with Crippen molar-refractivity contribution in [1.29, 1.82) is 0 Å². The number of benzene rings is 1. The van der Waals surface area contributed by atoms with Crippen LogP contribution in [-0.2, 0) is 6.42 Å². The van der Waals surface area contributed by atoms with E-state index in [1.807, 2.05) is 0 Å². The van der Waals surface area contributed by atoms with Gasteiger partial charge >= 0.3 is 0 Å². The molecule has 0 spiro atoms. The minimum absolute atomic E-state index is 0.829. The van der Waals surface area contributed by atoms with Crippen molar-refractivity contribution in [2.24, 2.45) is 4.99 Å². The molecule has 22 heavy (non-hydrogen) atoms. The number of hydrogen-bond acceptors (Lipinski definition) is 2. The Bertz CT molecular complexity index is 522. The van der Waals surface area contributed by atoms with Gasteiger partial charge in [-0.05, 0) is 44.4 Å². The molecule has 1 aliphatic carbocycles. The second kappa shape index (κ2) is 7.14. The van der Waals surface area contributed by atoms with Gasteiger partial charge in [0.1, 0.15) is 0 Å². The molecule has 1 aromatic carbocycles. The second-order valence-corrected chi connectivity index (χ2v) is 6.13.